The molecule has 0 saturated carbocycles. The van der Waals surface area contributed by atoms with E-state index < -0.39 is 11.9 Å². The molecule has 0 aliphatic carbocycles. The molecule has 1 aromatic heterocycles. The van der Waals surface area contributed by atoms with E-state index in [2.05, 4.69) is 10.4 Å². The molecular weight excluding hydrogens is 233 g/mol. The molecular formula is C10H15F3N4. The summed E-state index contributed by atoms with van der Waals surface area (Å²) in [5.41, 5.74) is 4.62. The number of hydrogen-bond acceptors (Lipinski definition) is 3. The number of anilines is 1. The van der Waals surface area contributed by atoms with Crippen LogP contribution in [0.25, 0.3) is 0 Å². The van der Waals surface area contributed by atoms with Crippen LogP contribution >= 0.6 is 0 Å². The number of rotatable bonds is 2. The molecule has 0 aromatic carbocycles. The largest absolute Gasteiger partial charge is 0.435 e. The molecule has 7 heteroatoms. The van der Waals surface area contributed by atoms with Crippen LogP contribution in [-0.4, -0.2) is 22.9 Å². The number of alkyl halides is 3. The average molecular weight is 248 g/mol. The number of nitrogens with one attached hydrogen (secondary N) is 1. The Balaban J connectivity index is 2.07. The van der Waals surface area contributed by atoms with Gasteiger partial charge in [0.05, 0.1) is 0 Å². The Labute approximate surface area is 97.0 Å². The number of nitrogens with zero attached hydrogens (tertiary/aromatic N) is 2. The first-order chi connectivity index (χ1) is 7.97. The fourth-order valence-electron chi connectivity index (χ4n) is 2.04. The molecule has 4 nitrogen and oxygen atoms in total. The lowest BCUT2D eigenvalue weighted by Crippen LogP contribution is -2.32. The molecule has 0 radical (unpaired) electrons. The van der Waals surface area contributed by atoms with Gasteiger partial charge in [0.1, 0.15) is 5.82 Å². The topological polar surface area (TPSA) is 55.9 Å². The van der Waals surface area contributed by atoms with Crippen LogP contribution in [0.4, 0.5) is 19.0 Å². The van der Waals surface area contributed by atoms with E-state index in [1.807, 2.05) is 0 Å². The van der Waals surface area contributed by atoms with Gasteiger partial charge in [-0.15, -0.1) is 0 Å². The van der Waals surface area contributed by atoms with E-state index in [1.54, 1.807) is 0 Å². The predicted molar refractivity (Wildman–Crippen MR) is 57.2 cm³/mol. The summed E-state index contributed by atoms with van der Waals surface area (Å²) in [5, 5.41) is 6.72. The van der Waals surface area contributed by atoms with Crippen molar-refractivity contribution in [2.24, 2.45) is 5.92 Å². The van der Waals surface area contributed by atoms with E-state index >= 15 is 0 Å². The molecule has 2 heterocycles. The standard InChI is InChI=1S/C10H15F3N4/c11-10(12,13)8-4-9(14)17(16-8)6-7-2-1-3-15-5-7/h4,7,15H,1-3,5-6,14H2/t7-/m0/s1. The van der Waals surface area contributed by atoms with Gasteiger partial charge in [0.25, 0.3) is 0 Å². The summed E-state index contributed by atoms with van der Waals surface area (Å²) in [6.07, 6.45) is -2.39. The van der Waals surface area contributed by atoms with E-state index in [0.29, 0.717) is 12.5 Å². The van der Waals surface area contributed by atoms with E-state index in [-0.39, 0.29) is 5.82 Å². The number of nitrogens with two attached hydrogens (primary N) is 1. The molecule has 1 aliphatic rings. The maximum atomic E-state index is 12.4. The summed E-state index contributed by atoms with van der Waals surface area (Å²) in [4.78, 5) is 0. The zero-order valence-electron chi connectivity index (χ0n) is 9.30. The maximum Gasteiger partial charge on any atom is 0.435 e. The lowest BCUT2D eigenvalue weighted by atomic mass is 10.00. The monoisotopic (exact) mass is 248 g/mol. The lowest BCUT2D eigenvalue weighted by Gasteiger charge is -2.22. The average Bonchev–Trinajstić information content (AvgIpc) is 2.62. The van der Waals surface area contributed by atoms with Crippen molar-refractivity contribution in [1.29, 1.82) is 0 Å². The molecule has 1 atom stereocenters. The van der Waals surface area contributed by atoms with Gasteiger partial charge in [-0.3, -0.25) is 0 Å². The van der Waals surface area contributed by atoms with Crippen LogP contribution < -0.4 is 11.1 Å². The van der Waals surface area contributed by atoms with Crippen molar-refractivity contribution in [3.05, 3.63) is 11.8 Å². The Morgan fingerprint density at radius 2 is 2.29 bits per heavy atom. The Kier molecular flexibility index (Phi) is 3.28. The van der Waals surface area contributed by atoms with Gasteiger partial charge in [-0.25, -0.2) is 4.68 Å². The van der Waals surface area contributed by atoms with Crippen molar-refractivity contribution in [1.82, 2.24) is 15.1 Å². The molecule has 0 unspecified atom stereocenters. The van der Waals surface area contributed by atoms with E-state index in [1.165, 1.54) is 4.68 Å². The molecule has 17 heavy (non-hydrogen) atoms. The van der Waals surface area contributed by atoms with E-state index in [9.17, 15) is 13.2 Å². The van der Waals surface area contributed by atoms with Gasteiger partial charge >= 0.3 is 6.18 Å². The summed E-state index contributed by atoms with van der Waals surface area (Å²) in [6.45, 7) is 2.22. The van der Waals surface area contributed by atoms with Crippen LogP contribution in [0.15, 0.2) is 6.07 Å². The first-order valence-corrected chi connectivity index (χ1v) is 5.58. The number of nitrogen functional groups attached to an aromatic ring is 1. The van der Waals surface area contributed by atoms with Crippen LogP contribution in [-0.2, 0) is 12.7 Å². The molecule has 3 N–H and O–H groups in total. The third kappa shape index (κ3) is 2.91. The second-order valence-corrected chi connectivity index (χ2v) is 4.35. The van der Waals surface area contributed by atoms with Crippen LogP contribution in [0.2, 0.25) is 0 Å². The molecule has 0 bridgehead atoms. The maximum absolute atomic E-state index is 12.4. The van der Waals surface area contributed by atoms with E-state index in [4.69, 9.17) is 5.73 Å². The number of aromatic nitrogens is 2. The SMILES string of the molecule is Nc1cc(C(F)(F)F)nn1C[C@H]1CCCNC1. The molecule has 1 fully saturated rings. The second kappa shape index (κ2) is 4.56. The van der Waals surface area contributed by atoms with Crippen LogP contribution in [0.1, 0.15) is 18.5 Å². The Morgan fingerprint density at radius 1 is 1.53 bits per heavy atom. The Hall–Kier alpha value is -1.24. The zero-order valence-corrected chi connectivity index (χ0v) is 9.30. The van der Waals surface area contributed by atoms with Crippen molar-refractivity contribution >= 4 is 5.82 Å². The lowest BCUT2D eigenvalue weighted by molar-refractivity contribution is -0.141. The number of piperidine rings is 1. The molecule has 0 amide bonds. The van der Waals surface area contributed by atoms with Crippen molar-refractivity contribution in [2.75, 3.05) is 18.8 Å². The highest BCUT2D eigenvalue weighted by molar-refractivity contribution is 5.32. The fraction of sp³-hybridized carbons (Fsp3) is 0.700. The van der Waals surface area contributed by atoms with Crippen LogP contribution in [0.3, 0.4) is 0 Å². The normalized spacial score (nSPS) is 21.7. The number of halogens is 3. The first-order valence-electron chi connectivity index (χ1n) is 5.58. The van der Waals surface area contributed by atoms with Crippen molar-refractivity contribution in [2.45, 2.75) is 25.6 Å². The minimum atomic E-state index is -4.43. The Morgan fingerprint density at radius 3 is 2.82 bits per heavy atom. The summed E-state index contributed by atoms with van der Waals surface area (Å²) >= 11 is 0. The molecule has 1 saturated heterocycles. The van der Waals surface area contributed by atoms with Crippen molar-refractivity contribution in [3.63, 3.8) is 0 Å². The van der Waals surface area contributed by atoms with Crippen LogP contribution in [0.5, 0.6) is 0 Å². The van der Waals surface area contributed by atoms with Crippen LogP contribution in [0, 0.1) is 5.92 Å². The molecule has 1 aromatic rings. The van der Waals surface area contributed by atoms with Gasteiger partial charge in [0.15, 0.2) is 5.69 Å². The van der Waals surface area contributed by atoms with Gasteiger partial charge < -0.3 is 11.1 Å². The molecule has 0 spiro atoms. The van der Waals surface area contributed by atoms with Gasteiger partial charge in [-0.2, -0.15) is 18.3 Å². The summed E-state index contributed by atoms with van der Waals surface area (Å²) in [7, 11) is 0. The highest BCUT2D eigenvalue weighted by atomic mass is 19.4. The quantitative estimate of drug-likeness (QED) is 0.833. The Bertz CT molecular complexity index is 379. The molecule has 2 rings (SSSR count). The minimum absolute atomic E-state index is 0.0721. The molecule has 96 valence electrons. The van der Waals surface area contributed by atoms with Gasteiger partial charge in [0, 0.05) is 12.6 Å². The third-order valence-electron chi connectivity index (χ3n) is 2.93. The van der Waals surface area contributed by atoms with Gasteiger partial charge in [-0.1, -0.05) is 0 Å². The predicted octanol–water partition coefficient (Wildman–Crippen LogP) is 1.48. The van der Waals surface area contributed by atoms with Crippen molar-refractivity contribution in [3.8, 4) is 0 Å². The third-order valence-corrected chi connectivity index (χ3v) is 2.93. The van der Waals surface area contributed by atoms with Gasteiger partial charge in [0.2, 0.25) is 0 Å². The van der Waals surface area contributed by atoms with Gasteiger partial charge in [-0.05, 0) is 31.8 Å². The van der Waals surface area contributed by atoms with Crippen molar-refractivity contribution < 1.29 is 13.2 Å². The zero-order chi connectivity index (χ0) is 12.5. The minimum Gasteiger partial charge on any atom is -0.384 e. The summed E-state index contributed by atoms with van der Waals surface area (Å²) in [6, 6.07) is 0.885. The summed E-state index contributed by atoms with van der Waals surface area (Å²) in [5.74, 6) is 0.370. The first kappa shape index (κ1) is 12.2. The van der Waals surface area contributed by atoms with E-state index in [0.717, 1.165) is 32.0 Å². The number of hydrogen-bond donors (Lipinski definition) is 2. The second-order valence-electron chi connectivity index (χ2n) is 4.35. The summed E-state index contributed by atoms with van der Waals surface area (Å²) < 4.78 is 38.5. The highest BCUT2D eigenvalue weighted by Gasteiger charge is 2.34. The smallest absolute Gasteiger partial charge is 0.384 e. The molecule has 1 aliphatic heterocycles. The highest BCUT2D eigenvalue weighted by Crippen LogP contribution is 2.29. The fourth-order valence-corrected chi connectivity index (χ4v) is 2.04.